The van der Waals surface area contributed by atoms with Gasteiger partial charge in [0, 0.05) is 30.3 Å². The summed E-state index contributed by atoms with van der Waals surface area (Å²) in [6.45, 7) is 1.56. The van der Waals surface area contributed by atoms with Gasteiger partial charge >= 0.3 is 6.03 Å². The molecule has 11 nitrogen and oxygen atoms in total. The topological polar surface area (TPSA) is 150 Å². The van der Waals surface area contributed by atoms with Crippen LogP contribution in [0, 0.1) is 11.8 Å². The van der Waals surface area contributed by atoms with Gasteiger partial charge in [-0.05, 0) is 36.2 Å². The zero-order valence-electron chi connectivity index (χ0n) is 17.4. The van der Waals surface area contributed by atoms with E-state index in [2.05, 4.69) is 20.8 Å². The number of nitrogens with zero attached hydrogens (tertiary/aromatic N) is 2. The minimum Gasteiger partial charge on any atom is -0.497 e. The molecule has 3 heterocycles. The van der Waals surface area contributed by atoms with E-state index in [-0.39, 0.29) is 31.0 Å². The van der Waals surface area contributed by atoms with Crippen molar-refractivity contribution in [1.82, 2.24) is 20.5 Å². The SMILES string of the molecule is COc1ccc2c(c1)C(=O)N(C[C@@]1(C(Cc3c[nH]c(=O)c(C)c3)N=O)NC(=O)NC1=O)C2. The van der Waals surface area contributed by atoms with E-state index in [1.165, 1.54) is 18.2 Å². The van der Waals surface area contributed by atoms with Gasteiger partial charge < -0.3 is 19.9 Å². The number of benzene rings is 1. The minimum atomic E-state index is -1.76. The van der Waals surface area contributed by atoms with Crippen molar-refractivity contribution in [3.05, 3.63) is 68.0 Å². The molecule has 4 amide bonds. The van der Waals surface area contributed by atoms with Gasteiger partial charge in [0.1, 0.15) is 11.8 Å². The maximum absolute atomic E-state index is 13.0. The largest absolute Gasteiger partial charge is 0.497 e. The number of aryl methyl sites for hydroxylation is 1. The number of carbonyl (C=O) groups excluding carboxylic acids is 3. The first-order valence-electron chi connectivity index (χ1n) is 9.88. The molecule has 1 fully saturated rings. The lowest BCUT2D eigenvalue weighted by Crippen LogP contribution is -2.62. The van der Waals surface area contributed by atoms with Crippen LogP contribution in [0.1, 0.15) is 27.0 Å². The number of rotatable bonds is 7. The van der Waals surface area contributed by atoms with Crippen LogP contribution >= 0.6 is 0 Å². The molecule has 2 aliphatic rings. The fraction of sp³-hybridized carbons (Fsp3) is 0.333. The van der Waals surface area contributed by atoms with E-state index in [4.69, 9.17) is 4.74 Å². The molecule has 0 saturated carbocycles. The van der Waals surface area contributed by atoms with Crippen molar-refractivity contribution in [2.45, 2.75) is 31.5 Å². The number of hydrogen-bond acceptors (Lipinski definition) is 7. The van der Waals surface area contributed by atoms with E-state index in [0.29, 0.717) is 22.4 Å². The Bertz CT molecular complexity index is 1190. The number of aromatic nitrogens is 1. The number of carbonyl (C=O) groups is 3. The summed E-state index contributed by atoms with van der Waals surface area (Å²) < 4.78 is 5.17. The summed E-state index contributed by atoms with van der Waals surface area (Å²) in [6, 6.07) is 4.67. The molecule has 1 saturated heterocycles. The fourth-order valence-corrected chi connectivity index (χ4v) is 4.15. The maximum atomic E-state index is 13.0. The maximum Gasteiger partial charge on any atom is 0.322 e. The van der Waals surface area contributed by atoms with Gasteiger partial charge in [0.25, 0.3) is 17.4 Å². The van der Waals surface area contributed by atoms with Crippen molar-refractivity contribution >= 4 is 17.8 Å². The van der Waals surface area contributed by atoms with Gasteiger partial charge in [-0.25, -0.2) is 4.79 Å². The smallest absolute Gasteiger partial charge is 0.322 e. The molecule has 3 N–H and O–H groups in total. The number of pyridine rings is 1. The van der Waals surface area contributed by atoms with E-state index in [1.54, 1.807) is 31.2 Å². The van der Waals surface area contributed by atoms with E-state index in [9.17, 15) is 24.1 Å². The number of nitroso groups, excluding NO2 is 1. The Balaban J connectivity index is 1.66. The number of ether oxygens (including phenoxy) is 1. The summed E-state index contributed by atoms with van der Waals surface area (Å²) in [7, 11) is 1.49. The lowest BCUT2D eigenvalue weighted by Gasteiger charge is -2.34. The monoisotopic (exact) mass is 439 g/mol. The van der Waals surface area contributed by atoms with E-state index >= 15 is 0 Å². The molecule has 2 atom stereocenters. The van der Waals surface area contributed by atoms with E-state index in [1.807, 2.05) is 0 Å². The number of amides is 4. The van der Waals surface area contributed by atoms with Crippen molar-refractivity contribution in [2.75, 3.05) is 13.7 Å². The highest BCUT2D eigenvalue weighted by atomic mass is 16.5. The lowest BCUT2D eigenvalue weighted by atomic mass is 9.85. The van der Waals surface area contributed by atoms with Gasteiger partial charge in [0.05, 0.1) is 13.7 Å². The van der Waals surface area contributed by atoms with Crippen LogP contribution in [0.2, 0.25) is 0 Å². The Morgan fingerprint density at radius 1 is 1.22 bits per heavy atom. The van der Waals surface area contributed by atoms with Crippen molar-refractivity contribution in [3.8, 4) is 5.75 Å². The summed E-state index contributed by atoms with van der Waals surface area (Å²) in [5.41, 5.74) is 0.117. The third kappa shape index (κ3) is 3.51. The highest BCUT2D eigenvalue weighted by molar-refractivity contribution is 6.08. The van der Waals surface area contributed by atoms with E-state index < -0.39 is 23.5 Å². The van der Waals surface area contributed by atoms with Crippen molar-refractivity contribution in [3.63, 3.8) is 0 Å². The number of nitrogens with one attached hydrogen (secondary N) is 3. The molecular weight excluding hydrogens is 418 g/mol. The fourth-order valence-electron chi connectivity index (χ4n) is 4.15. The second kappa shape index (κ2) is 7.91. The third-order valence-corrected chi connectivity index (χ3v) is 5.88. The first-order valence-corrected chi connectivity index (χ1v) is 9.88. The molecular formula is C21H21N5O6. The van der Waals surface area contributed by atoms with Gasteiger partial charge in [0.15, 0.2) is 5.54 Å². The molecule has 0 spiro atoms. The van der Waals surface area contributed by atoms with Gasteiger partial charge in [-0.1, -0.05) is 11.2 Å². The molecule has 4 rings (SSSR count). The summed E-state index contributed by atoms with van der Waals surface area (Å²) in [5, 5.41) is 7.82. The van der Waals surface area contributed by atoms with Crippen LogP contribution in [0.15, 0.2) is 40.4 Å². The first-order chi connectivity index (χ1) is 15.3. The molecule has 32 heavy (non-hydrogen) atoms. The molecule has 1 unspecified atom stereocenters. The summed E-state index contributed by atoms with van der Waals surface area (Å²) in [6.07, 6.45) is 1.40. The number of fused-ring (bicyclic) bond motifs is 1. The standard InChI is InChI=1S/C21H21N5O6/c1-11-5-12(8-22-17(11)27)6-16(25-31)21(19(29)23-20(30)24-21)10-26-9-13-3-4-14(32-2)7-15(13)18(26)28/h3-5,7-8,16H,6,9-10H2,1-2H3,(H,22,27)(H2,23,24,29,30)/t16?,21-/m0/s1. The second-order valence-corrected chi connectivity index (χ2v) is 7.91. The van der Waals surface area contributed by atoms with E-state index in [0.717, 1.165) is 5.56 Å². The van der Waals surface area contributed by atoms with Crippen LogP contribution in [-0.4, -0.2) is 53.0 Å². The molecule has 1 aromatic carbocycles. The molecule has 2 aromatic rings. The minimum absolute atomic E-state index is 0.0301. The Morgan fingerprint density at radius 2 is 2.00 bits per heavy atom. The molecule has 2 aliphatic heterocycles. The Labute approximate surface area is 182 Å². The van der Waals surface area contributed by atoms with Crippen LogP contribution < -0.4 is 20.9 Å². The molecule has 0 aliphatic carbocycles. The Kier molecular flexibility index (Phi) is 5.25. The number of hydrogen-bond donors (Lipinski definition) is 3. The number of imide groups is 1. The van der Waals surface area contributed by atoms with Crippen LogP contribution in [0.3, 0.4) is 0 Å². The Morgan fingerprint density at radius 3 is 2.62 bits per heavy atom. The summed E-state index contributed by atoms with van der Waals surface area (Å²) >= 11 is 0. The molecule has 166 valence electrons. The average Bonchev–Trinajstić information content (AvgIpc) is 3.23. The predicted octanol–water partition coefficient (Wildman–Crippen LogP) is 0.604. The zero-order chi connectivity index (χ0) is 23.0. The van der Waals surface area contributed by atoms with Crippen LogP contribution in [0.25, 0.3) is 0 Å². The van der Waals surface area contributed by atoms with Gasteiger partial charge in [-0.15, -0.1) is 0 Å². The zero-order valence-corrected chi connectivity index (χ0v) is 17.4. The van der Waals surface area contributed by atoms with Gasteiger partial charge in [-0.2, -0.15) is 4.91 Å². The van der Waals surface area contributed by atoms with Gasteiger partial charge in [-0.3, -0.25) is 19.7 Å². The molecule has 11 heteroatoms. The van der Waals surface area contributed by atoms with Crippen LogP contribution in [-0.2, 0) is 17.8 Å². The van der Waals surface area contributed by atoms with Crippen molar-refractivity contribution < 1.29 is 19.1 Å². The molecule has 1 aromatic heterocycles. The molecule has 0 bridgehead atoms. The van der Waals surface area contributed by atoms with Gasteiger partial charge in [0.2, 0.25) is 0 Å². The second-order valence-electron chi connectivity index (χ2n) is 7.91. The highest BCUT2D eigenvalue weighted by Crippen LogP contribution is 2.31. The molecule has 0 radical (unpaired) electrons. The highest BCUT2D eigenvalue weighted by Gasteiger charge is 2.55. The van der Waals surface area contributed by atoms with Crippen molar-refractivity contribution in [2.24, 2.45) is 5.18 Å². The Hall–Kier alpha value is -4.02. The summed E-state index contributed by atoms with van der Waals surface area (Å²) in [4.78, 5) is 65.4. The third-order valence-electron chi connectivity index (χ3n) is 5.88. The van der Waals surface area contributed by atoms with Crippen LogP contribution in [0.5, 0.6) is 5.75 Å². The number of methoxy groups -OCH3 is 1. The first kappa shape index (κ1) is 21.2. The normalized spacial score (nSPS) is 20.6. The quantitative estimate of drug-likeness (QED) is 0.425. The number of urea groups is 1. The van der Waals surface area contributed by atoms with Crippen LogP contribution in [0.4, 0.5) is 4.79 Å². The predicted molar refractivity (Wildman–Crippen MR) is 112 cm³/mol. The lowest BCUT2D eigenvalue weighted by molar-refractivity contribution is -0.125. The van der Waals surface area contributed by atoms with Crippen molar-refractivity contribution in [1.29, 1.82) is 0 Å². The average molecular weight is 439 g/mol. The summed E-state index contributed by atoms with van der Waals surface area (Å²) in [5.74, 6) is -0.576. The number of aromatic amines is 1. The number of H-pyrrole nitrogens is 1.